The van der Waals surface area contributed by atoms with Crippen LogP contribution < -0.4 is 5.32 Å². The van der Waals surface area contributed by atoms with Crippen molar-refractivity contribution in [3.05, 3.63) is 68.7 Å². The van der Waals surface area contributed by atoms with Gasteiger partial charge in [-0.05, 0) is 56.9 Å². The van der Waals surface area contributed by atoms with Crippen molar-refractivity contribution >= 4 is 39.1 Å². The van der Waals surface area contributed by atoms with E-state index in [0.29, 0.717) is 41.5 Å². The van der Waals surface area contributed by atoms with Crippen molar-refractivity contribution in [3.8, 4) is 0 Å². The average Bonchev–Trinajstić information content (AvgIpc) is 2.71. The Kier molecular flexibility index (Phi) is 7.68. The summed E-state index contributed by atoms with van der Waals surface area (Å²) in [5, 5.41) is 3.77. The van der Waals surface area contributed by atoms with E-state index in [1.54, 1.807) is 18.2 Å². The SMILES string of the molecule is Cc1ccc([C@@H](C)NC(=O)C2CCN(S(=O)(=O)Cc3c(Cl)cccc3Cl)CC2)c(C)c1. The van der Waals surface area contributed by atoms with Gasteiger partial charge in [-0.25, -0.2) is 12.7 Å². The molecule has 0 unspecified atom stereocenters. The molecule has 1 aliphatic heterocycles. The average molecular weight is 483 g/mol. The van der Waals surface area contributed by atoms with Gasteiger partial charge in [0.15, 0.2) is 0 Å². The van der Waals surface area contributed by atoms with E-state index in [-0.39, 0.29) is 23.6 Å². The van der Waals surface area contributed by atoms with E-state index in [1.807, 2.05) is 32.9 Å². The Labute approximate surface area is 194 Å². The Hall–Kier alpha value is -1.60. The number of rotatable bonds is 6. The van der Waals surface area contributed by atoms with Crippen LogP contribution in [0.5, 0.6) is 0 Å². The summed E-state index contributed by atoms with van der Waals surface area (Å²) in [5.74, 6) is -0.478. The molecular weight excluding hydrogens is 455 g/mol. The summed E-state index contributed by atoms with van der Waals surface area (Å²) < 4.78 is 27.2. The maximum atomic E-state index is 12.9. The molecule has 0 saturated carbocycles. The number of nitrogens with one attached hydrogen (secondary N) is 1. The Morgan fingerprint density at radius 1 is 1.13 bits per heavy atom. The molecule has 31 heavy (non-hydrogen) atoms. The lowest BCUT2D eigenvalue weighted by atomic mass is 9.95. The van der Waals surface area contributed by atoms with Gasteiger partial charge >= 0.3 is 0 Å². The van der Waals surface area contributed by atoms with E-state index in [9.17, 15) is 13.2 Å². The van der Waals surface area contributed by atoms with Gasteiger partial charge in [-0.3, -0.25) is 4.79 Å². The highest BCUT2D eigenvalue weighted by molar-refractivity contribution is 7.88. The van der Waals surface area contributed by atoms with Gasteiger partial charge in [0, 0.05) is 34.6 Å². The summed E-state index contributed by atoms with van der Waals surface area (Å²) in [6, 6.07) is 11.0. The largest absolute Gasteiger partial charge is 0.349 e. The topological polar surface area (TPSA) is 66.5 Å². The monoisotopic (exact) mass is 482 g/mol. The number of piperidine rings is 1. The molecule has 2 aromatic carbocycles. The number of hydrogen-bond donors (Lipinski definition) is 1. The molecule has 3 rings (SSSR count). The minimum atomic E-state index is -3.57. The summed E-state index contributed by atoms with van der Waals surface area (Å²) >= 11 is 12.3. The molecule has 1 amide bonds. The maximum absolute atomic E-state index is 12.9. The number of carbonyl (C=O) groups excluding carboxylic acids is 1. The van der Waals surface area contributed by atoms with Crippen LogP contribution in [0.4, 0.5) is 0 Å². The molecule has 1 heterocycles. The van der Waals surface area contributed by atoms with Crippen LogP contribution >= 0.6 is 23.2 Å². The summed E-state index contributed by atoms with van der Waals surface area (Å²) in [5.41, 5.74) is 3.84. The van der Waals surface area contributed by atoms with Crippen LogP contribution in [0, 0.1) is 19.8 Å². The van der Waals surface area contributed by atoms with E-state index < -0.39 is 10.0 Å². The third-order valence-corrected chi connectivity index (χ3v) is 8.37. The smallest absolute Gasteiger partial charge is 0.223 e. The molecule has 2 aromatic rings. The van der Waals surface area contributed by atoms with Crippen LogP contribution in [0.15, 0.2) is 36.4 Å². The minimum absolute atomic E-state index is 0.0290. The third-order valence-electron chi connectivity index (χ3n) is 5.86. The first-order chi connectivity index (χ1) is 14.6. The van der Waals surface area contributed by atoms with Crippen LogP contribution in [-0.2, 0) is 20.6 Å². The second kappa shape index (κ2) is 9.90. The molecule has 0 aliphatic carbocycles. The van der Waals surface area contributed by atoms with Crippen LogP contribution in [0.3, 0.4) is 0 Å². The van der Waals surface area contributed by atoms with Crippen molar-refractivity contribution in [2.75, 3.05) is 13.1 Å². The summed E-state index contributed by atoms with van der Waals surface area (Å²) in [6.07, 6.45) is 0.974. The van der Waals surface area contributed by atoms with Crippen molar-refractivity contribution in [2.45, 2.75) is 45.4 Å². The van der Waals surface area contributed by atoms with Crippen molar-refractivity contribution < 1.29 is 13.2 Å². The molecule has 168 valence electrons. The van der Waals surface area contributed by atoms with E-state index in [1.165, 1.54) is 9.87 Å². The lowest BCUT2D eigenvalue weighted by Crippen LogP contribution is -2.43. The van der Waals surface area contributed by atoms with Gasteiger partial charge < -0.3 is 5.32 Å². The minimum Gasteiger partial charge on any atom is -0.349 e. The Morgan fingerprint density at radius 2 is 1.74 bits per heavy atom. The molecule has 1 N–H and O–H groups in total. The maximum Gasteiger partial charge on any atom is 0.223 e. The highest BCUT2D eigenvalue weighted by atomic mass is 35.5. The zero-order valence-electron chi connectivity index (χ0n) is 18.0. The molecule has 0 bridgehead atoms. The number of amides is 1. The van der Waals surface area contributed by atoms with E-state index in [0.717, 1.165) is 11.1 Å². The Bertz CT molecular complexity index is 1040. The van der Waals surface area contributed by atoms with Gasteiger partial charge in [-0.15, -0.1) is 0 Å². The van der Waals surface area contributed by atoms with Crippen molar-refractivity contribution in [3.63, 3.8) is 0 Å². The first-order valence-corrected chi connectivity index (χ1v) is 12.7. The van der Waals surface area contributed by atoms with Crippen LogP contribution in [0.2, 0.25) is 10.0 Å². The van der Waals surface area contributed by atoms with E-state index in [4.69, 9.17) is 23.2 Å². The number of hydrogen-bond acceptors (Lipinski definition) is 3. The highest BCUT2D eigenvalue weighted by Crippen LogP contribution is 2.29. The predicted octanol–water partition coefficient (Wildman–Crippen LogP) is 5.03. The third kappa shape index (κ3) is 5.80. The zero-order chi connectivity index (χ0) is 22.8. The second-order valence-corrected chi connectivity index (χ2v) is 11.0. The van der Waals surface area contributed by atoms with Gasteiger partial charge in [0.25, 0.3) is 0 Å². The zero-order valence-corrected chi connectivity index (χ0v) is 20.3. The first-order valence-electron chi connectivity index (χ1n) is 10.4. The summed E-state index contributed by atoms with van der Waals surface area (Å²) in [4.78, 5) is 12.8. The number of nitrogens with zero attached hydrogens (tertiary/aromatic N) is 1. The summed E-state index contributed by atoms with van der Waals surface area (Å²) in [7, 11) is -3.57. The number of sulfonamides is 1. The first kappa shape index (κ1) is 24.1. The molecule has 1 fully saturated rings. The van der Waals surface area contributed by atoms with Crippen molar-refractivity contribution in [1.82, 2.24) is 9.62 Å². The van der Waals surface area contributed by atoms with Crippen LogP contribution in [0.25, 0.3) is 0 Å². The lowest BCUT2D eigenvalue weighted by molar-refractivity contribution is -0.126. The Balaban J connectivity index is 1.59. The quantitative estimate of drug-likeness (QED) is 0.627. The fraction of sp³-hybridized carbons (Fsp3) is 0.435. The molecule has 5 nitrogen and oxygen atoms in total. The fourth-order valence-electron chi connectivity index (χ4n) is 4.06. The van der Waals surface area contributed by atoms with Crippen LogP contribution in [0.1, 0.15) is 48.1 Å². The van der Waals surface area contributed by atoms with Crippen LogP contribution in [-0.4, -0.2) is 31.7 Å². The van der Waals surface area contributed by atoms with Gasteiger partial charge in [0.05, 0.1) is 11.8 Å². The second-order valence-electron chi connectivity index (χ2n) is 8.22. The van der Waals surface area contributed by atoms with Gasteiger partial charge in [-0.2, -0.15) is 0 Å². The fourth-order valence-corrected chi connectivity index (χ4v) is 6.38. The number of halogens is 2. The van der Waals surface area contributed by atoms with Gasteiger partial charge in [0.2, 0.25) is 15.9 Å². The van der Waals surface area contributed by atoms with Gasteiger partial charge in [-0.1, -0.05) is 53.0 Å². The van der Waals surface area contributed by atoms with E-state index >= 15 is 0 Å². The molecule has 1 aliphatic rings. The van der Waals surface area contributed by atoms with Crippen molar-refractivity contribution in [2.24, 2.45) is 5.92 Å². The molecule has 0 radical (unpaired) electrons. The predicted molar refractivity (Wildman–Crippen MR) is 126 cm³/mol. The normalized spacial score (nSPS) is 16.8. The molecule has 1 saturated heterocycles. The van der Waals surface area contributed by atoms with E-state index in [2.05, 4.69) is 11.4 Å². The lowest BCUT2D eigenvalue weighted by Gasteiger charge is -2.31. The molecule has 8 heteroatoms. The number of benzene rings is 2. The highest BCUT2D eigenvalue weighted by Gasteiger charge is 2.32. The van der Waals surface area contributed by atoms with Gasteiger partial charge in [0.1, 0.15) is 0 Å². The Morgan fingerprint density at radius 3 is 2.32 bits per heavy atom. The molecule has 0 spiro atoms. The number of aryl methyl sites for hydroxylation is 2. The molecular formula is C23H28Cl2N2O3S. The number of carbonyl (C=O) groups is 1. The van der Waals surface area contributed by atoms with Crippen molar-refractivity contribution in [1.29, 1.82) is 0 Å². The molecule has 1 atom stereocenters. The summed E-state index contributed by atoms with van der Waals surface area (Å²) in [6.45, 7) is 6.67. The standard InChI is InChI=1S/C23H28Cl2N2O3S/c1-15-7-8-19(16(2)13-15)17(3)26-23(28)18-9-11-27(12-10-18)31(29,30)14-20-21(24)5-4-6-22(20)25/h4-8,13,17-18H,9-12,14H2,1-3H3,(H,26,28)/t17-/m1/s1. The molecule has 0 aromatic heterocycles.